The SMILES string of the molecule is CC(=O)Nc1ccc([C@@H]2Nc3ccccc3C(c3ccccc3)(c3ccccc3)O2)cc1. The van der Waals surface area contributed by atoms with E-state index in [0.29, 0.717) is 0 Å². The van der Waals surface area contributed by atoms with Gasteiger partial charge in [0.15, 0.2) is 6.23 Å². The lowest BCUT2D eigenvalue weighted by atomic mass is 9.78. The monoisotopic (exact) mass is 420 g/mol. The zero-order valence-electron chi connectivity index (χ0n) is 17.8. The number of rotatable bonds is 4. The maximum Gasteiger partial charge on any atom is 0.221 e. The second kappa shape index (κ2) is 8.33. The van der Waals surface area contributed by atoms with Gasteiger partial charge in [-0.3, -0.25) is 4.79 Å². The van der Waals surface area contributed by atoms with E-state index in [1.165, 1.54) is 6.92 Å². The van der Waals surface area contributed by atoms with E-state index in [0.717, 1.165) is 33.6 Å². The molecule has 1 heterocycles. The molecule has 0 spiro atoms. The highest BCUT2D eigenvalue weighted by molar-refractivity contribution is 5.88. The molecule has 32 heavy (non-hydrogen) atoms. The molecule has 0 unspecified atom stereocenters. The predicted octanol–water partition coefficient (Wildman–Crippen LogP) is 6.08. The van der Waals surface area contributed by atoms with Crippen LogP contribution in [0.15, 0.2) is 109 Å². The average Bonchev–Trinajstić information content (AvgIpc) is 2.84. The Balaban J connectivity index is 1.67. The number of benzene rings is 4. The van der Waals surface area contributed by atoms with Crippen molar-refractivity contribution >= 4 is 17.3 Å². The molecule has 0 bridgehead atoms. The fourth-order valence-corrected chi connectivity index (χ4v) is 4.38. The molecule has 4 aromatic carbocycles. The Morgan fingerprint density at radius 3 is 1.94 bits per heavy atom. The van der Waals surface area contributed by atoms with Crippen molar-refractivity contribution in [3.05, 3.63) is 131 Å². The summed E-state index contributed by atoms with van der Waals surface area (Å²) in [4.78, 5) is 11.4. The van der Waals surface area contributed by atoms with E-state index in [9.17, 15) is 4.79 Å². The first kappa shape index (κ1) is 20.0. The maximum atomic E-state index is 11.4. The third kappa shape index (κ3) is 3.55. The predicted molar refractivity (Wildman–Crippen MR) is 127 cm³/mol. The minimum Gasteiger partial charge on any atom is -0.356 e. The van der Waals surface area contributed by atoms with Crippen molar-refractivity contribution in [3.63, 3.8) is 0 Å². The van der Waals surface area contributed by atoms with Crippen LogP contribution in [0.25, 0.3) is 0 Å². The molecule has 1 aliphatic rings. The Morgan fingerprint density at radius 2 is 1.34 bits per heavy atom. The lowest BCUT2D eigenvalue weighted by Gasteiger charge is -2.44. The molecule has 0 fully saturated rings. The largest absolute Gasteiger partial charge is 0.356 e. The fourth-order valence-electron chi connectivity index (χ4n) is 4.38. The van der Waals surface area contributed by atoms with Crippen LogP contribution in [0.5, 0.6) is 0 Å². The number of nitrogens with one attached hydrogen (secondary N) is 2. The van der Waals surface area contributed by atoms with Crippen LogP contribution in [-0.4, -0.2) is 5.91 Å². The molecule has 0 aromatic heterocycles. The number of amides is 1. The number of ether oxygens (including phenoxy) is 1. The van der Waals surface area contributed by atoms with E-state index in [1.807, 2.05) is 72.8 Å². The third-order valence-corrected chi connectivity index (χ3v) is 5.78. The second-order valence-corrected chi connectivity index (χ2v) is 7.90. The van der Waals surface area contributed by atoms with Crippen LogP contribution in [0, 0.1) is 0 Å². The van der Waals surface area contributed by atoms with Gasteiger partial charge in [-0.1, -0.05) is 91.0 Å². The standard InChI is InChI=1S/C28H24N2O2/c1-20(31)29-24-18-16-21(17-19-24)27-30-26-15-9-8-14-25(26)28(32-27,22-10-4-2-5-11-22)23-12-6-3-7-13-23/h2-19,27,30H,1H3,(H,29,31)/t27-/m1/s1. The zero-order valence-corrected chi connectivity index (χ0v) is 17.8. The van der Waals surface area contributed by atoms with Crippen molar-refractivity contribution in [2.75, 3.05) is 10.6 Å². The minimum absolute atomic E-state index is 0.0918. The summed E-state index contributed by atoms with van der Waals surface area (Å²) >= 11 is 0. The molecule has 0 radical (unpaired) electrons. The van der Waals surface area contributed by atoms with Gasteiger partial charge >= 0.3 is 0 Å². The average molecular weight is 421 g/mol. The number of hydrogen-bond acceptors (Lipinski definition) is 3. The highest BCUT2D eigenvalue weighted by atomic mass is 16.5. The fraction of sp³-hybridized carbons (Fsp3) is 0.107. The third-order valence-electron chi connectivity index (χ3n) is 5.78. The molecule has 0 saturated carbocycles. The smallest absolute Gasteiger partial charge is 0.221 e. The van der Waals surface area contributed by atoms with Crippen LogP contribution >= 0.6 is 0 Å². The Labute approximate surface area is 187 Å². The lowest BCUT2D eigenvalue weighted by molar-refractivity contribution is -0.114. The molecule has 158 valence electrons. The summed E-state index contributed by atoms with van der Waals surface area (Å²) in [5.41, 5.74) is 5.20. The van der Waals surface area contributed by atoms with Gasteiger partial charge in [0.1, 0.15) is 5.60 Å². The summed E-state index contributed by atoms with van der Waals surface area (Å²) in [6, 6.07) is 36.8. The number of fused-ring (bicyclic) bond motifs is 1. The minimum atomic E-state index is -0.772. The van der Waals surface area contributed by atoms with E-state index in [4.69, 9.17) is 4.74 Å². The topological polar surface area (TPSA) is 50.4 Å². The van der Waals surface area contributed by atoms with Crippen LogP contribution in [0.2, 0.25) is 0 Å². The molecule has 2 N–H and O–H groups in total. The van der Waals surface area contributed by atoms with Crippen molar-refractivity contribution in [1.29, 1.82) is 0 Å². The molecule has 0 saturated heterocycles. The van der Waals surface area contributed by atoms with Gasteiger partial charge in [0.2, 0.25) is 5.91 Å². The summed E-state index contributed by atoms with van der Waals surface area (Å²) in [6.45, 7) is 1.50. The summed E-state index contributed by atoms with van der Waals surface area (Å²) < 4.78 is 6.98. The van der Waals surface area contributed by atoms with E-state index in [-0.39, 0.29) is 12.1 Å². The molecule has 4 heteroatoms. The van der Waals surface area contributed by atoms with Crippen molar-refractivity contribution in [1.82, 2.24) is 0 Å². The molecular formula is C28H24N2O2. The zero-order chi connectivity index (χ0) is 22.0. The summed E-state index contributed by atoms with van der Waals surface area (Å²) in [6.07, 6.45) is -0.378. The molecule has 4 nitrogen and oxygen atoms in total. The summed E-state index contributed by atoms with van der Waals surface area (Å²) in [5, 5.41) is 6.38. The first-order valence-electron chi connectivity index (χ1n) is 10.7. The normalized spacial score (nSPS) is 16.5. The van der Waals surface area contributed by atoms with Crippen LogP contribution in [0.3, 0.4) is 0 Å². The molecule has 5 rings (SSSR count). The van der Waals surface area contributed by atoms with Crippen LogP contribution in [0.1, 0.15) is 35.4 Å². The number of hydrogen-bond donors (Lipinski definition) is 2. The molecule has 1 amide bonds. The number of carbonyl (C=O) groups excluding carboxylic acids is 1. The van der Waals surface area contributed by atoms with Gasteiger partial charge in [-0.15, -0.1) is 0 Å². The number of carbonyl (C=O) groups is 1. The Morgan fingerprint density at radius 1 is 0.781 bits per heavy atom. The van der Waals surface area contributed by atoms with Crippen molar-refractivity contribution in [3.8, 4) is 0 Å². The molecule has 1 atom stereocenters. The van der Waals surface area contributed by atoms with E-state index >= 15 is 0 Å². The second-order valence-electron chi connectivity index (χ2n) is 7.90. The van der Waals surface area contributed by atoms with Gasteiger partial charge in [0.05, 0.1) is 0 Å². The number of anilines is 2. The first-order valence-corrected chi connectivity index (χ1v) is 10.7. The van der Waals surface area contributed by atoms with Crippen LogP contribution in [-0.2, 0) is 15.1 Å². The van der Waals surface area contributed by atoms with E-state index in [2.05, 4.69) is 47.0 Å². The molecular weight excluding hydrogens is 396 g/mol. The Bertz CT molecular complexity index is 1180. The Kier molecular flexibility index (Phi) is 5.21. The molecule has 4 aromatic rings. The number of para-hydroxylation sites is 1. The van der Waals surface area contributed by atoms with Gasteiger partial charge in [-0.05, 0) is 29.3 Å². The lowest BCUT2D eigenvalue weighted by Crippen LogP contribution is -2.40. The van der Waals surface area contributed by atoms with Crippen molar-refractivity contribution in [2.24, 2.45) is 0 Å². The highest BCUT2D eigenvalue weighted by Gasteiger charge is 2.44. The van der Waals surface area contributed by atoms with Gasteiger partial charge in [-0.2, -0.15) is 0 Å². The molecule has 0 aliphatic carbocycles. The maximum absolute atomic E-state index is 11.4. The summed E-state index contributed by atoms with van der Waals surface area (Å²) in [5.74, 6) is -0.0918. The van der Waals surface area contributed by atoms with Gasteiger partial charge < -0.3 is 15.4 Å². The van der Waals surface area contributed by atoms with Gasteiger partial charge in [-0.25, -0.2) is 0 Å². The highest BCUT2D eigenvalue weighted by Crippen LogP contribution is 2.50. The summed E-state index contributed by atoms with van der Waals surface area (Å²) in [7, 11) is 0. The van der Waals surface area contributed by atoms with E-state index < -0.39 is 5.60 Å². The van der Waals surface area contributed by atoms with Crippen LogP contribution in [0.4, 0.5) is 11.4 Å². The molecule has 1 aliphatic heterocycles. The van der Waals surface area contributed by atoms with Crippen molar-refractivity contribution in [2.45, 2.75) is 18.8 Å². The van der Waals surface area contributed by atoms with E-state index in [1.54, 1.807) is 0 Å². The van der Waals surface area contributed by atoms with Crippen LogP contribution < -0.4 is 10.6 Å². The Hall–Kier alpha value is -3.89. The van der Waals surface area contributed by atoms with Crippen molar-refractivity contribution < 1.29 is 9.53 Å². The van der Waals surface area contributed by atoms with Gasteiger partial charge in [0.25, 0.3) is 0 Å². The quantitative estimate of drug-likeness (QED) is 0.421. The first-order chi connectivity index (χ1) is 15.7. The van der Waals surface area contributed by atoms with Gasteiger partial charge in [0, 0.05) is 29.4 Å².